The first-order chi connectivity index (χ1) is 14.0. The van der Waals surface area contributed by atoms with Crippen LogP contribution in [0.15, 0.2) is 78.9 Å². The topological polar surface area (TPSA) is 47.6 Å². The maximum absolute atomic E-state index is 12.5. The van der Waals surface area contributed by atoms with E-state index in [1.165, 1.54) is 12.1 Å². The van der Waals surface area contributed by atoms with Crippen LogP contribution in [0.3, 0.4) is 0 Å². The molecule has 0 aromatic heterocycles. The van der Waals surface area contributed by atoms with Crippen LogP contribution < -0.4 is 14.8 Å². The molecular formula is C23H21F2NO3. The van der Waals surface area contributed by atoms with Crippen molar-refractivity contribution in [2.24, 2.45) is 0 Å². The van der Waals surface area contributed by atoms with Gasteiger partial charge in [0.25, 0.3) is 5.91 Å². The Morgan fingerprint density at radius 2 is 1.45 bits per heavy atom. The van der Waals surface area contributed by atoms with E-state index in [9.17, 15) is 13.6 Å². The van der Waals surface area contributed by atoms with E-state index < -0.39 is 12.7 Å². The van der Waals surface area contributed by atoms with Crippen molar-refractivity contribution >= 4 is 5.91 Å². The van der Waals surface area contributed by atoms with Crippen molar-refractivity contribution in [3.8, 4) is 11.5 Å². The first kappa shape index (κ1) is 20.3. The second-order valence-electron chi connectivity index (χ2n) is 6.46. The molecule has 150 valence electrons. The lowest BCUT2D eigenvalue weighted by molar-refractivity contribution is -0.123. The van der Waals surface area contributed by atoms with E-state index in [0.29, 0.717) is 5.75 Å². The second kappa shape index (κ2) is 9.68. The zero-order valence-corrected chi connectivity index (χ0v) is 15.8. The van der Waals surface area contributed by atoms with Crippen LogP contribution >= 0.6 is 0 Å². The number of carbonyl (C=O) groups is 1. The van der Waals surface area contributed by atoms with Gasteiger partial charge in [-0.3, -0.25) is 4.79 Å². The Hall–Kier alpha value is -3.41. The van der Waals surface area contributed by atoms with Gasteiger partial charge >= 0.3 is 6.61 Å². The average molecular weight is 397 g/mol. The lowest BCUT2D eigenvalue weighted by Crippen LogP contribution is -2.33. The fourth-order valence-corrected chi connectivity index (χ4v) is 2.83. The van der Waals surface area contributed by atoms with Gasteiger partial charge in [0, 0.05) is 0 Å². The highest BCUT2D eigenvalue weighted by molar-refractivity contribution is 5.78. The number of benzene rings is 3. The van der Waals surface area contributed by atoms with Crippen LogP contribution in [0.25, 0.3) is 0 Å². The molecule has 0 saturated heterocycles. The van der Waals surface area contributed by atoms with Gasteiger partial charge in [-0.2, -0.15) is 8.78 Å². The minimum Gasteiger partial charge on any atom is -0.484 e. The van der Waals surface area contributed by atoms with Crippen molar-refractivity contribution in [3.05, 3.63) is 95.6 Å². The Bertz CT molecular complexity index is 913. The number of aryl methyl sites for hydroxylation is 1. The molecule has 0 spiro atoms. The summed E-state index contributed by atoms with van der Waals surface area (Å²) in [6.45, 7) is -1.05. The lowest BCUT2D eigenvalue weighted by atomic mass is 9.98. The van der Waals surface area contributed by atoms with Crippen LogP contribution in [0.5, 0.6) is 11.5 Å². The van der Waals surface area contributed by atoms with E-state index in [1.807, 2.05) is 49.4 Å². The Kier molecular flexibility index (Phi) is 6.79. The van der Waals surface area contributed by atoms with Gasteiger partial charge in [0.1, 0.15) is 11.5 Å². The van der Waals surface area contributed by atoms with Crippen molar-refractivity contribution < 1.29 is 23.0 Å². The third-order valence-electron chi connectivity index (χ3n) is 4.27. The summed E-state index contributed by atoms with van der Waals surface area (Å²) in [5.41, 5.74) is 2.70. The molecule has 0 fully saturated rings. The number of amides is 1. The molecule has 1 amide bonds. The zero-order valence-electron chi connectivity index (χ0n) is 15.8. The molecule has 1 atom stereocenters. The van der Waals surface area contributed by atoms with Crippen molar-refractivity contribution in [2.75, 3.05) is 6.61 Å². The molecule has 0 aliphatic rings. The average Bonchev–Trinajstić information content (AvgIpc) is 2.72. The van der Waals surface area contributed by atoms with E-state index in [0.717, 1.165) is 16.7 Å². The molecule has 29 heavy (non-hydrogen) atoms. The lowest BCUT2D eigenvalue weighted by Gasteiger charge is -2.20. The SMILES string of the molecule is Cc1ccc(OCC(=O)N[C@@H](c2ccccc2)c2ccc(OC(F)F)cc2)cc1. The summed E-state index contributed by atoms with van der Waals surface area (Å²) in [5.74, 6) is 0.368. The Morgan fingerprint density at radius 3 is 2.07 bits per heavy atom. The molecule has 3 aromatic rings. The highest BCUT2D eigenvalue weighted by atomic mass is 19.3. The van der Waals surface area contributed by atoms with Crippen LogP contribution in [0.1, 0.15) is 22.7 Å². The summed E-state index contributed by atoms with van der Waals surface area (Å²) in [5, 5.41) is 2.94. The number of carbonyl (C=O) groups excluding carboxylic acids is 1. The van der Waals surface area contributed by atoms with Crippen LogP contribution in [0.2, 0.25) is 0 Å². The molecule has 0 unspecified atom stereocenters. The standard InChI is InChI=1S/C23H21F2NO3/c1-16-7-11-19(12-8-16)28-15-21(27)26-22(17-5-3-2-4-6-17)18-9-13-20(14-10-18)29-23(24)25/h2-14,22-23H,15H2,1H3,(H,26,27)/t22-/m0/s1. The highest BCUT2D eigenvalue weighted by Crippen LogP contribution is 2.25. The van der Waals surface area contributed by atoms with E-state index in [2.05, 4.69) is 10.1 Å². The van der Waals surface area contributed by atoms with Gasteiger partial charge in [-0.05, 0) is 42.3 Å². The van der Waals surface area contributed by atoms with Gasteiger partial charge < -0.3 is 14.8 Å². The fourth-order valence-electron chi connectivity index (χ4n) is 2.83. The number of nitrogens with one attached hydrogen (secondary N) is 1. The minimum absolute atomic E-state index is 0.0598. The second-order valence-corrected chi connectivity index (χ2v) is 6.46. The number of hydrogen-bond acceptors (Lipinski definition) is 3. The van der Waals surface area contributed by atoms with Crippen molar-refractivity contribution in [1.82, 2.24) is 5.32 Å². The van der Waals surface area contributed by atoms with Gasteiger partial charge in [-0.1, -0.05) is 60.2 Å². The number of ether oxygens (including phenoxy) is 2. The molecule has 0 heterocycles. The minimum atomic E-state index is -2.88. The zero-order chi connectivity index (χ0) is 20.6. The number of hydrogen-bond donors (Lipinski definition) is 1. The van der Waals surface area contributed by atoms with E-state index in [4.69, 9.17) is 4.74 Å². The first-order valence-electron chi connectivity index (χ1n) is 9.10. The fraction of sp³-hybridized carbons (Fsp3) is 0.174. The van der Waals surface area contributed by atoms with Crippen molar-refractivity contribution in [2.45, 2.75) is 19.6 Å². The maximum atomic E-state index is 12.5. The summed E-state index contributed by atoms with van der Waals surface area (Å²) >= 11 is 0. The monoisotopic (exact) mass is 397 g/mol. The Balaban J connectivity index is 1.72. The molecule has 0 aliphatic heterocycles. The van der Waals surface area contributed by atoms with Crippen LogP contribution in [-0.4, -0.2) is 19.1 Å². The predicted molar refractivity (Wildman–Crippen MR) is 106 cm³/mol. The molecule has 6 heteroatoms. The third kappa shape index (κ3) is 6.04. The van der Waals surface area contributed by atoms with Crippen molar-refractivity contribution in [3.63, 3.8) is 0 Å². The molecule has 0 saturated carbocycles. The molecule has 4 nitrogen and oxygen atoms in total. The normalized spacial score (nSPS) is 11.7. The van der Waals surface area contributed by atoms with Crippen LogP contribution in [0, 0.1) is 6.92 Å². The Morgan fingerprint density at radius 1 is 0.862 bits per heavy atom. The van der Waals surface area contributed by atoms with Gasteiger partial charge in [-0.15, -0.1) is 0 Å². The molecule has 1 N–H and O–H groups in total. The third-order valence-corrected chi connectivity index (χ3v) is 4.27. The quantitative estimate of drug-likeness (QED) is 0.589. The molecule has 0 aliphatic carbocycles. The van der Waals surface area contributed by atoms with E-state index >= 15 is 0 Å². The van der Waals surface area contributed by atoms with Gasteiger partial charge in [0.15, 0.2) is 6.61 Å². The summed E-state index contributed by atoms with van der Waals surface area (Å²) in [6.07, 6.45) is 0. The van der Waals surface area contributed by atoms with Gasteiger partial charge in [0.05, 0.1) is 6.04 Å². The number of rotatable bonds is 8. The van der Waals surface area contributed by atoms with Crippen LogP contribution in [-0.2, 0) is 4.79 Å². The number of alkyl halides is 2. The number of halogens is 2. The molecule has 0 radical (unpaired) electrons. The molecule has 0 bridgehead atoms. The van der Waals surface area contributed by atoms with Crippen LogP contribution in [0.4, 0.5) is 8.78 Å². The largest absolute Gasteiger partial charge is 0.484 e. The summed E-state index contributed by atoms with van der Waals surface area (Å²) in [6, 6.07) is 22.5. The Labute approximate surface area is 168 Å². The summed E-state index contributed by atoms with van der Waals surface area (Å²) in [7, 11) is 0. The molecular weight excluding hydrogens is 376 g/mol. The smallest absolute Gasteiger partial charge is 0.387 e. The molecule has 3 aromatic carbocycles. The summed E-state index contributed by atoms with van der Waals surface area (Å²) in [4.78, 5) is 12.5. The van der Waals surface area contributed by atoms with Gasteiger partial charge in [-0.25, -0.2) is 0 Å². The van der Waals surface area contributed by atoms with Crippen molar-refractivity contribution in [1.29, 1.82) is 0 Å². The molecule has 3 rings (SSSR count). The van der Waals surface area contributed by atoms with E-state index in [-0.39, 0.29) is 18.3 Å². The maximum Gasteiger partial charge on any atom is 0.387 e. The highest BCUT2D eigenvalue weighted by Gasteiger charge is 2.17. The predicted octanol–water partition coefficient (Wildman–Crippen LogP) is 4.88. The summed E-state index contributed by atoms with van der Waals surface area (Å²) < 4.78 is 34.7. The first-order valence-corrected chi connectivity index (χ1v) is 9.10. The van der Waals surface area contributed by atoms with Gasteiger partial charge in [0.2, 0.25) is 0 Å². The van der Waals surface area contributed by atoms with E-state index in [1.54, 1.807) is 24.3 Å².